The SMILES string of the molecule is c1ccc2c(c1)ncn2Cc1ccc2c(c1)OOC2. The molecule has 2 heterocycles. The lowest BCUT2D eigenvalue weighted by Gasteiger charge is -2.05. The molecular weight excluding hydrogens is 240 g/mol. The summed E-state index contributed by atoms with van der Waals surface area (Å²) >= 11 is 0. The van der Waals surface area contributed by atoms with E-state index in [9.17, 15) is 0 Å². The summed E-state index contributed by atoms with van der Waals surface area (Å²) in [6, 6.07) is 14.3. The van der Waals surface area contributed by atoms with Crippen LogP contribution in [0.15, 0.2) is 48.8 Å². The molecule has 2 aromatic carbocycles. The van der Waals surface area contributed by atoms with Crippen LogP contribution < -0.4 is 4.89 Å². The van der Waals surface area contributed by atoms with Crippen LogP contribution in [-0.4, -0.2) is 9.55 Å². The highest BCUT2D eigenvalue weighted by atomic mass is 17.2. The summed E-state index contributed by atoms with van der Waals surface area (Å²) in [7, 11) is 0. The highest BCUT2D eigenvalue weighted by Crippen LogP contribution is 2.27. The quantitative estimate of drug-likeness (QED) is 0.658. The zero-order chi connectivity index (χ0) is 12.7. The first-order valence-electron chi connectivity index (χ1n) is 6.21. The molecule has 19 heavy (non-hydrogen) atoms. The smallest absolute Gasteiger partial charge is 0.171 e. The van der Waals surface area contributed by atoms with Crippen molar-refractivity contribution in [1.29, 1.82) is 0 Å². The molecule has 4 heteroatoms. The average molecular weight is 252 g/mol. The van der Waals surface area contributed by atoms with Crippen molar-refractivity contribution >= 4 is 11.0 Å². The molecule has 0 unspecified atom stereocenters. The molecule has 0 spiro atoms. The predicted molar refractivity (Wildman–Crippen MR) is 70.7 cm³/mol. The Kier molecular flexibility index (Phi) is 2.28. The van der Waals surface area contributed by atoms with E-state index in [0.717, 1.165) is 28.9 Å². The van der Waals surface area contributed by atoms with Gasteiger partial charge in [0.2, 0.25) is 0 Å². The van der Waals surface area contributed by atoms with Gasteiger partial charge in [0.05, 0.1) is 17.4 Å². The summed E-state index contributed by atoms with van der Waals surface area (Å²) in [5, 5.41) is 0. The Morgan fingerprint density at radius 1 is 1.16 bits per heavy atom. The maximum absolute atomic E-state index is 5.12. The van der Waals surface area contributed by atoms with E-state index in [1.807, 2.05) is 30.6 Å². The summed E-state index contributed by atoms with van der Waals surface area (Å²) in [6.07, 6.45) is 1.87. The van der Waals surface area contributed by atoms with Gasteiger partial charge in [-0.05, 0) is 23.8 Å². The first-order valence-corrected chi connectivity index (χ1v) is 6.21. The summed E-state index contributed by atoms with van der Waals surface area (Å²) < 4.78 is 2.13. The molecule has 1 aliphatic heterocycles. The number of hydrogen-bond acceptors (Lipinski definition) is 3. The van der Waals surface area contributed by atoms with Crippen molar-refractivity contribution in [3.63, 3.8) is 0 Å². The van der Waals surface area contributed by atoms with Crippen LogP contribution in [-0.2, 0) is 18.0 Å². The van der Waals surface area contributed by atoms with Crippen molar-refractivity contribution in [1.82, 2.24) is 9.55 Å². The molecule has 0 radical (unpaired) electrons. The molecule has 0 bridgehead atoms. The summed E-state index contributed by atoms with van der Waals surface area (Å²) in [5.41, 5.74) is 4.43. The third-order valence-electron chi connectivity index (χ3n) is 3.37. The highest BCUT2D eigenvalue weighted by molar-refractivity contribution is 5.75. The second-order valence-electron chi connectivity index (χ2n) is 4.65. The Bertz CT molecular complexity index is 749. The second kappa shape index (κ2) is 4.10. The topological polar surface area (TPSA) is 36.3 Å². The van der Waals surface area contributed by atoms with Gasteiger partial charge in [-0.3, -0.25) is 0 Å². The number of aromatic nitrogens is 2. The van der Waals surface area contributed by atoms with E-state index in [4.69, 9.17) is 9.78 Å². The molecule has 0 fully saturated rings. The van der Waals surface area contributed by atoms with Crippen LogP contribution in [0, 0.1) is 0 Å². The van der Waals surface area contributed by atoms with Gasteiger partial charge in [0.25, 0.3) is 0 Å². The number of imidazole rings is 1. The van der Waals surface area contributed by atoms with Crippen LogP contribution in [0.2, 0.25) is 0 Å². The lowest BCUT2D eigenvalue weighted by atomic mass is 10.1. The zero-order valence-corrected chi connectivity index (χ0v) is 10.2. The van der Waals surface area contributed by atoms with Gasteiger partial charge in [-0.1, -0.05) is 24.3 Å². The van der Waals surface area contributed by atoms with E-state index < -0.39 is 0 Å². The third kappa shape index (κ3) is 1.77. The molecule has 0 amide bonds. The predicted octanol–water partition coefficient (Wildman–Crippen LogP) is 2.91. The van der Waals surface area contributed by atoms with E-state index in [2.05, 4.69) is 27.8 Å². The van der Waals surface area contributed by atoms with Gasteiger partial charge in [-0.25, -0.2) is 4.98 Å². The van der Waals surface area contributed by atoms with E-state index in [-0.39, 0.29) is 0 Å². The van der Waals surface area contributed by atoms with Crippen LogP contribution in [0.3, 0.4) is 0 Å². The van der Waals surface area contributed by atoms with Gasteiger partial charge in [0.15, 0.2) is 5.75 Å². The molecule has 1 aromatic heterocycles. The zero-order valence-electron chi connectivity index (χ0n) is 10.2. The van der Waals surface area contributed by atoms with E-state index in [1.54, 1.807) is 0 Å². The molecule has 1 aliphatic rings. The monoisotopic (exact) mass is 252 g/mol. The van der Waals surface area contributed by atoms with E-state index in [0.29, 0.717) is 6.61 Å². The molecular formula is C15H12N2O2. The minimum absolute atomic E-state index is 0.531. The van der Waals surface area contributed by atoms with Crippen molar-refractivity contribution in [2.45, 2.75) is 13.2 Å². The van der Waals surface area contributed by atoms with Crippen LogP contribution in [0.25, 0.3) is 11.0 Å². The van der Waals surface area contributed by atoms with Crippen molar-refractivity contribution in [3.05, 3.63) is 59.9 Å². The van der Waals surface area contributed by atoms with Crippen molar-refractivity contribution in [2.75, 3.05) is 0 Å². The summed E-state index contributed by atoms with van der Waals surface area (Å²) in [6.45, 7) is 1.31. The Labute approximate surface area is 110 Å². The van der Waals surface area contributed by atoms with Gasteiger partial charge in [-0.15, -0.1) is 0 Å². The minimum Gasteiger partial charge on any atom is -0.337 e. The minimum atomic E-state index is 0.531. The molecule has 0 aliphatic carbocycles. The van der Waals surface area contributed by atoms with Gasteiger partial charge < -0.3 is 9.45 Å². The largest absolute Gasteiger partial charge is 0.337 e. The second-order valence-corrected chi connectivity index (χ2v) is 4.65. The van der Waals surface area contributed by atoms with Gasteiger partial charge in [0.1, 0.15) is 6.61 Å². The van der Waals surface area contributed by atoms with Crippen LogP contribution in [0.4, 0.5) is 0 Å². The fourth-order valence-electron chi connectivity index (χ4n) is 2.38. The molecule has 0 N–H and O–H groups in total. The number of hydrogen-bond donors (Lipinski definition) is 0. The normalized spacial score (nSPS) is 13.5. The average Bonchev–Trinajstić information content (AvgIpc) is 3.06. The molecule has 94 valence electrons. The molecule has 3 aromatic rings. The number of benzene rings is 2. The van der Waals surface area contributed by atoms with Crippen LogP contribution >= 0.6 is 0 Å². The third-order valence-corrected chi connectivity index (χ3v) is 3.37. The fourth-order valence-corrected chi connectivity index (χ4v) is 2.38. The number of nitrogens with zero attached hydrogens (tertiary/aromatic N) is 2. The first-order chi connectivity index (χ1) is 9.40. The maximum Gasteiger partial charge on any atom is 0.171 e. The van der Waals surface area contributed by atoms with E-state index in [1.165, 1.54) is 5.56 Å². The van der Waals surface area contributed by atoms with Crippen LogP contribution in [0.1, 0.15) is 11.1 Å². The number of fused-ring (bicyclic) bond motifs is 2. The van der Waals surface area contributed by atoms with Crippen molar-refractivity contribution in [2.24, 2.45) is 0 Å². The van der Waals surface area contributed by atoms with Crippen molar-refractivity contribution in [3.8, 4) is 5.75 Å². The Balaban J connectivity index is 1.71. The van der Waals surface area contributed by atoms with Gasteiger partial charge in [-0.2, -0.15) is 4.89 Å². The van der Waals surface area contributed by atoms with E-state index >= 15 is 0 Å². The molecule has 0 saturated carbocycles. The summed E-state index contributed by atoms with van der Waals surface area (Å²) in [5.74, 6) is 0.821. The molecule has 4 rings (SSSR count). The standard InChI is InChI=1S/C15H12N2O2/c1-2-4-14-13(3-1)16-10-17(14)8-11-5-6-12-9-18-19-15(12)7-11/h1-7,10H,8-9H2. The maximum atomic E-state index is 5.12. The van der Waals surface area contributed by atoms with Crippen molar-refractivity contribution < 1.29 is 9.78 Å². The van der Waals surface area contributed by atoms with Gasteiger partial charge >= 0.3 is 0 Å². The number of rotatable bonds is 2. The highest BCUT2D eigenvalue weighted by Gasteiger charge is 2.14. The first kappa shape index (κ1) is 10.6. The summed E-state index contributed by atoms with van der Waals surface area (Å²) in [4.78, 5) is 14.5. The molecule has 4 nitrogen and oxygen atoms in total. The Morgan fingerprint density at radius 3 is 3.11 bits per heavy atom. The Hall–Kier alpha value is -2.33. The molecule has 0 atom stereocenters. The fraction of sp³-hybridized carbons (Fsp3) is 0.133. The van der Waals surface area contributed by atoms with Gasteiger partial charge in [0, 0.05) is 12.1 Å². The lowest BCUT2D eigenvalue weighted by molar-refractivity contribution is -0.194. The molecule has 0 saturated heterocycles. The number of para-hydroxylation sites is 2. The lowest BCUT2D eigenvalue weighted by Crippen LogP contribution is -1.98. The van der Waals surface area contributed by atoms with Crippen LogP contribution in [0.5, 0.6) is 5.75 Å². The Morgan fingerprint density at radius 2 is 2.11 bits per heavy atom.